The van der Waals surface area contributed by atoms with E-state index in [1.807, 2.05) is 0 Å². The monoisotopic (exact) mass is 552 g/mol. The second-order valence-corrected chi connectivity index (χ2v) is 30.2. The van der Waals surface area contributed by atoms with Crippen molar-refractivity contribution in [3.05, 3.63) is 48.0 Å². The molecule has 3 heteroatoms. The predicted molar refractivity (Wildman–Crippen MR) is 147 cm³/mol. The van der Waals surface area contributed by atoms with Gasteiger partial charge in [0.05, 0.1) is 0 Å². The molecule has 1 unspecified atom stereocenters. The van der Waals surface area contributed by atoms with Crippen LogP contribution < -0.4 is 0 Å². The molecule has 0 aliphatic heterocycles. The van der Waals surface area contributed by atoms with E-state index in [9.17, 15) is 0 Å². The Bertz CT molecular complexity index is 557. The molecule has 1 nitrogen and oxygen atoms in total. The summed E-state index contributed by atoms with van der Waals surface area (Å²) in [7, 11) is -0.982. The molecular weight excluding hydrogens is 499 g/mol. The van der Waals surface area contributed by atoms with Gasteiger partial charge in [-0.05, 0) is 0 Å². The van der Waals surface area contributed by atoms with Crippen molar-refractivity contribution < 1.29 is 4.74 Å². The quantitative estimate of drug-likeness (QED) is 0.100. The van der Waals surface area contributed by atoms with Gasteiger partial charge >= 0.3 is 201 Å². The Morgan fingerprint density at radius 2 is 1.39 bits per heavy atom. The number of hydrogen-bond donors (Lipinski definition) is 0. The number of rotatable bonds is 18. The molecule has 0 saturated heterocycles. The molecule has 0 aliphatic carbocycles. The standard InChI is InChI=1S/C16H25OSi.3C4H9.Sn/c1-18(2,3)15-9-5-8-13-17-14-12-16-10-6-4-7-11-16;3*1-3-4-2;/h4-7,9-11,14H,8,12-13,15H2,1-3H3;3*1,3-4H2,2H3;/b9-5+;;;;. The third-order valence-corrected chi connectivity index (χ3v) is 24.5. The Hall–Kier alpha value is -0.0644. The molecular formula is C28H52OSiSn. The van der Waals surface area contributed by atoms with E-state index in [-0.39, 0.29) is 0 Å². The molecule has 0 aromatic heterocycles. The van der Waals surface area contributed by atoms with Crippen LogP contribution in [0.25, 0.3) is 0 Å². The van der Waals surface area contributed by atoms with E-state index in [2.05, 4.69) is 82.9 Å². The third kappa shape index (κ3) is 12.7. The van der Waals surface area contributed by atoms with Gasteiger partial charge in [-0.15, -0.1) is 0 Å². The Balaban J connectivity index is 2.99. The molecule has 1 atom stereocenters. The van der Waals surface area contributed by atoms with E-state index in [4.69, 9.17) is 4.74 Å². The Labute approximate surface area is 200 Å². The van der Waals surface area contributed by atoms with Crippen molar-refractivity contribution in [1.29, 1.82) is 0 Å². The zero-order valence-corrected chi connectivity index (χ0v) is 25.6. The van der Waals surface area contributed by atoms with Gasteiger partial charge in [-0.1, -0.05) is 0 Å². The summed E-state index contributed by atoms with van der Waals surface area (Å²) in [5.41, 5.74) is 1.48. The van der Waals surface area contributed by atoms with Crippen molar-refractivity contribution in [1.82, 2.24) is 0 Å². The van der Waals surface area contributed by atoms with Crippen LogP contribution in [0.5, 0.6) is 0 Å². The summed E-state index contributed by atoms with van der Waals surface area (Å²) in [4.78, 5) is 0. The first-order chi connectivity index (χ1) is 14.9. The number of benzene rings is 1. The van der Waals surface area contributed by atoms with E-state index >= 15 is 0 Å². The Morgan fingerprint density at radius 1 is 0.839 bits per heavy atom. The molecule has 0 fully saturated rings. The summed E-state index contributed by atoms with van der Waals surface area (Å²) in [5, 5.41) is 0. The fourth-order valence-electron chi connectivity index (χ4n) is 4.56. The van der Waals surface area contributed by atoms with E-state index < -0.39 is 26.5 Å². The molecule has 0 saturated carbocycles. The SMILES string of the molecule is CCC[CH2][Sn]([CH2]CCC)([CH2]CCC)[CH](Cc1ccccc1)OCC/C=C/C[Si](C)(C)C. The van der Waals surface area contributed by atoms with Crippen molar-refractivity contribution in [2.75, 3.05) is 6.61 Å². The van der Waals surface area contributed by atoms with Crippen LogP contribution in [0.3, 0.4) is 0 Å². The topological polar surface area (TPSA) is 9.23 Å². The number of unbranched alkanes of at least 4 members (excludes halogenated alkanes) is 3. The molecule has 0 heterocycles. The minimum atomic E-state index is -2.44. The molecule has 1 aromatic carbocycles. The first-order valence-corrected chi connectivity index (χ1v) is 24.6. The molecule has 0 amide bonds. The summed E-state index contributed by atoms with van der Waals surface area (Å²) in [5.74, 6) is 0. The Kier molecular flexibility index (Phi) is 15.4. The van der Waals surface area contributed by atoms with Crippen LogP contribution in [-0.2, 0) is 11.2 Å². The zero-order chi connectivity index (χ0) is 23.0. The van der Waals surface area contributed by atoms with Crippen LogP contribution in [0.4, 0.5) is 0 Å². The van der Waals surface area contributed by atoms with Gasteiger partial charge in [0.25, 0.3) is 0 Å². The summed E-state index contributed by atoms with van der Waals surface area (Å²) >= 11 is -2.44. The zero-order valence-electron chi connectivity index (χ0n) is 21.7. The molecule has 178 valence electrons. The summed E-state index contributed by atoms with van der Waals surface area (Å²) < 4.78 is 12.0. The van der Waals surface area contributed by atoms with Crippen LogP contribution in [0, 0.1) is 0 Å². The predicted octanol–water partition coefficient (Wildman–Crippen LogP) is 9.29. The van der Waals surface area contributed by atoms with E-state index in [1.54, 1.807) is 0 Å². The van der Waals surface area contributed by atoms with Crippen LogP contribution in [0.2, 0.25) is 39.0 Å². The number of allylic oxidation sites excluding steroid dienone is 1. The third-order valence-electron chi connectivity index (χ3n) is 6.53. The van der Waals surface area contributed by atoms with Crippen molar-refractivity contribution in [3.8, 4) is 0 Å². The van der Waals surface area contributed by atoms with Gasteiger partial charge in [-0.25, -0.2) is 0 Å². The molecule has 0 N–H and O–H groups in total. The first kappa shape index (κ1) is 29.0. The van der Waals surface area contributed by atoms with Crippen LogP contribution in [0.1, 0.15) is 71.3 Å². The molecule has 1 aromatic rings. The van der Waals surface area contributed by atoms with Gasteiger partial charge in [0, 0.05) is 0 Å². The van der Waals surface area contributed by atoms with Gasteiger partial charge < -0.3 is 0 Å². The second-order valence-electron chi connectivity index (χ2n) is 10.7. The summed E-state index contributed by atoms with van der Waals surface area (Å²) in [6.45, 7) is 15.3. The van der Waals surface area contributed by atoms with Crippen molar-refractivity contribution in [3.63, 3.8) is 0 Å². The average molecular weight is 552 g/mol. The first-order valence-electron chi connectivity index (χ1n) is 13.2. The van der Waals surface area contributed by atoms with Crippen LogP contribution >= 0.6 is 0 Å². The molecule has 0 spiro atoms. The van der Waals surface area contributed by atoms with E-state index in [0.717, 1.165) is 19.4 Å². The summed E-state index contributed by atoms with van der Waals surface area (Å²) in [6.07, 6.45) is 15.2. The fraction of sp³-hybridized carbons (Fsp3) is 0.714. The van der Waals surface area contributed by atoms with Crippen LogP contribution in [0.15, 0.2) is 42.5 Å². The molecule has 1 rings (SSSR count). The van der Waals surface area contributed by atoms with Gasteiger partial charge in [0.2, 0.25) is 0 Å². The fourth-order valence-corrected chi connectivity index (χ4v) is 22.6. The number of ether oxygens (including phenoxy) is 1. The van der Waals surface area contributed by atoms with Gasteiger partial charge in [0.1, 0.15) is 0 Å². The maximum absolute atomic E-state index is 6.89. The second kappa shape index (κ2) is 16.5. The van der Waals surface area contributed by atoms with E-state index in [1.165, 1.54) is 63.4 Å². The van der Waals surface area contributed by atoms with Crippen molar-refractivity contribution in [2.24, 2.45) is 0 Å². The van der Waals surface area contributed by atoms with Crippen molar-refractivity contribution >= 4 is 26.5 Å². The minimum absolute atomic E-state index is 0.534. The number of hydrogen-bond acceptors (Lipinski definition) is 1. The van der Waals surface area contributed by atoms with Gasteiger partial charge in [-0.3, -0.25) is 0 Å². The van der Waals surface area contributed by atoms with Crippen LogP contribution in [-0.4, -0.2) is 37.2 Å². The van der Waals surface area contributed by atoms with Gasteiger partial charge in [0.15, 0.2) is 0 Å². The average Bonchev–Trinajstić information content (AvgIpc) is 2.75. The van der Waals surface area contributed by atoms with Gasteiger partial charge in [-0.2, -0.15) is 0 Å². The molecule has 0 radical (unpaired) electrons. The molecule has 31 heavy (non-hydrogen) atoms. The normalized spacial score (nSPS) is 13.7. The van der Waals surface area contributed by atoms with E-state index in [0.29, 0.717) is 4.12 Å². The van der Waals surface area contributed by atoms with Crippen molar-refractivity contribution in [2.45, 2.75) is 115 Å². The maximum atomic E-state index is 6.89. The summed E-state index contributed by atoms with van der Waals surface area (Å²) in [6, 6.07) is 12.5. The Morgan fingerprint density at radius 3 is 1.87 bits per heavy atom. The molecule has 0 aliphatic rings. The molecule has 0 bridgehead atoms.